The van der Waals surface area contributed by atoms with Crippen molar-refractivity contribution in [1.82, 2.24) is 0 Å². The summed E-state index contributed by atoms with van der Waals surface area (Å²) in [5, 5.41) is 9.56. The first kappa shape index (κ1) is 17.1. The van der Waals surface area contributed by atoms with Crippen molar-refractivity contribution < 1.29 is 28.9 Å². The van der Waals surface area contributed by atoms with Crippen LogP contribution >= 0.6 is 0 Å². The summed E-state index contributed by atoms with van der Waals surface area (Å²) in [7, 11) is 1.50. The lowest BCUT2D eigenvalue weighted by molar-refractivity contribution is -0.150. The zero-order chi connectivity index (χ0) is 17.4. The number of aromatic hydroxyl groups is 1. The number of benzene rings is 2. The molecule has 0 bridgehead atoms. The van der Waals surface area contributed by atoms with Crippen LogP contribution in [0.2, 0.25) is 0 Å². The van der Waals surface area contributed by atoms with E-state index in [0.29, 0.717) is 17.1 Å². The molecule has 0 radical (unpaired) electrons. The van der Waals surface area contributed by atoms with Gasteiger partial charge in [0, 0.05) is 17.7 Å². The Balaban J connectivity index is 1.83. The maximum atomic E-state index is 11.6. The summed E-state index contributed by atoms with van der Waals surface area (Å²) >= 11 is 0. The second kappa shape index (κ2) is 8.38. The molecule has 0 saturated carbocycles. The van der Waals surface area contributed by atoms with Crippen molar-refractivity contribution in [2.24, 2.45) is 0 Å². The minimum atomic E-state index is -0.721. The van der Waals surface area contributed by atoms with Crippen molar-refractivity contribution in [3.05, 3.63) is 60.2 Å². The molecule has 0 saturated heterocycles. The topological polar surface area (TPSA) is 82.1 Å². The number of para-hydroxylation sites is 1. The van der Waals surface area contributed by atoms with Gasteiger partial charge in [0.2, 0.25) is 0 Å². The molecule has 1 N–H and O–H groups in total. The number of hydrogen-bond donors (Lipinski definition) is 1. The van der Waals surface area contributed by atoms with Crippen molar-refractivity contribution in [1.29, 1.82) is 0 Å². The van der Waals surface area contributed by atoms with Gasteiger partial charge in [-0.05, 0) is 24.3 Å². The summed E-state index contributed by atoms with van der Waals surface area (Å²) in [5.41, 5.74) is 0.466. The molecule has 0 atom stereocenters. The zero-order valence-corrected chi connectivity index (χ0v) is 13.0. The normalized spacial score (nSPS) is 10.4. The van der Waals surface area contributed by atoms with Gasteiger partial charge in [-0.15, -0.1) is 0 Å². The number of methoxy groups -OCH3 is 1. The highest BCUT2D eigenvalue weighted by atomic mass is 16.6. The molecule has 0 unspecified atom stereocenters. The van der Waals surface area contributed by atoms with E-state index in [-0.39, 0.29) is 5.75 Å². The molecule has 24 heavy (non-hydrogen) atoms. The fraction of sp³-hybridized carbons (Fsp3) is 0.111. The summed E-state index contributed by atoms with van der Waals surface area (Å²) < 4.78 is 14.8. The van der Waals surface area contributed by atoms with Crippen LogP contribution < -0.4 is 9.47 Å². The third kappa shape index (κ3) is 5.17. The van der Waals surface area contributed by atoms with E-state index in [1.165, 1.54) is 25.3 Å². The minimum Gasteiger partial charge on any atom is -0.507 e. The molecule has 0 aliphatic heterocycles. The average molecular weight is 328 g/mol. The van der Waals surface area contributed by atoms with E-state index >= 15 is 0 Å². The van der Waals surface area contributed by atoms with E-state index in [1.807, 2.05) is 0 Å². The Kier molecular flexibility index (Phi) is 5.96. The predicted molar refractivity (Wildman–Crippen MR) is 86.7 cm³/mol. The summed E-state index contributed by atoms with van der Waals surface area (Å²) in [6, 6.07) is 13.0. The Morgan fingerprint density at radius 1 is 1.08 bits per heavy atom. The molecule has 0 spiro atoms. The summed E-state index contributed by atoms with van der Waals surface area (Å²) in [6.45, 7) is -0.527. The smallest absolute Gasteiger partial charge is 0.349 e. The molecule has 0 aromatic heterocycles. The third-order valence-corrected chi connectivity index (χ3v) is 2.94. The first-order valence-corrected chi connectivity index (χ1v) is 7.06. The summed E-state index contributed by atoms with van der Waals surface area (Å²) in [5.74, 6) is -0.560. The number of rotatable bonds is 6. The molecule has 6 heteroatoms. The lowest BCUT2D eigenvalue weighted by Crippen LogP contribution is -2.17. The molecule has 2 rings (SSSR count). The van der Waals surface area contributed by atoms with Crippen LogP contribution in [-0.4, -0.2) is 30.8 Å². The number of carbonyl (C=O) groups is 2. The Labute approximate surface area is 138 Å². The van der Waals surface area contributed by atoms with Gasteiger partial charge >= 0.3 is 11.9 Å². The van der Waals surface area contributed by atoms with Crippen LogP contribution in [0.5, 0.6) is 17.2 Å². The molecule has 0 aliphatic rings. The highest BCUT2D eigenvalue weighted by Crippen LogP contribution is 2.19. The number of phenols is 1. The van der Waals surface area contributed by atoms with E-state index < -0.39 is 18.5 Å². The van der Waals surface area contributed by atoms with Crippen LogP contribution in [0.15, 0.2) is 54.6 Å². The maximum Gasteiger partial charge on any atom is 0.349 e. The molecule has 6 nitrogen and oxygen atoms in total. The van der Waals surface area contributed by atoms with Gasteiger partial charge in [-0.2, -0.15) is 0 Å². The van der Waals surface area contributed by atoms with Gasteiger partial charge < -0.3 is 19.3 Å². The lowest BCUT2D eigenvalue weighted by Gasteiger charge is -2.06. The fourth-order valence-corrected chi connectivity index (χ4v) is 1.79. The highest BCUT2D eigenvalue weighted by Gasteiger charge is 2.08. The Morgan fingerprint density at radius 2 is 1.83 bits per heavy atom. The van der Waals surface area contributed by atoms with Gasteiger partial charge in [-0.3, -0.25) is 0 Å². The SMILES string of the molecule is COc1cccc(OC(=O)COC(=O)/C=C/c2ccccc2O)c1. The molecule has 124 valence electrons. The molecule has 0 aliphatic carbocycles. The zero-order valence-electron chi connectivity index (χ0n) is 13.0. The number of esters is 2. The van der Waals surface area contributed by atoms with Crippen molar-refractivity contribution in [3.63, 3.8) is 0 Å². The van der Waals surface area contributed by atoms with E-state index in [4.69, 9.17) is 14.2 Å². The monoisotopic (exact) mass is 328 g/mol. The standard InChI is InChI=1S/C18H16O6/c1-22-14-6-4-7-15(11-14)24-18(21)12-23-17(20)10-9-13-5-2-3-8-16(13)19/h2-11,19H,12H2,1H3/b10-9+. The maximum absolute atomic E-state index is 11.6. The number of hydrogen-bond acceptors (Lipinski definition) is 6. The largest absolute Gasteiger partial charge is 0.507 e. The van der Waals surface area contributed by atoms with E-state index in [1.54, 1.807) is 36.4 Å². The molecule has 0 amide bonds. The highest BCUT2D eigenvalue weighted by molar-refractivity contribution is 5.89. The van der Waals surface area contributed by atoms with Crippen LogP contribution in [0.4, 0.5) is 0 Å². The van der Waals surface area contributed by atoms with Gasteiger partial charge in [0.1, 0.15) is 17.2 Å². The Bertz CT molecular complexity index is 751. The van der Waals surface area contributed by atoms with Gasteiger partial charge in [0.05, 0.1) is 7.11 Å². The number of ether oxygens (including phenoxy) is 3. The summed E-state index contributed by atoms with van der Waals surface area (Å²) in [6.07, 6.45) is 2.51. The van der Waals surface area contributed by atoms with E-state index in [9.17, 15) is 14.7 Å². The van der Waals surface area contributed by atoms with Gasteiger partial charge in [-0.25, -0.2) is 9.59 Å². The Morgan fingerprint density at radius 3 is 2.58 bits per heavy atom. The third-order valence-electron chi connectivity index (χ3n) is 2.94. The lowest BCUT2D eigenvalue weighted by atomic mass is 10.2. The molecule has 0 fully saturated rings. The molecular formula is C18H16O6. The Hall–Kier alpha value is -3.28. The second-order valence-electron chi connectivity index (χ2n) is 4.65. The summed E-state index contributed by atoms with van der Waals surface area (Å²) in [4.78, 5) is 23.2. The number of carbonyl (C=O) groups excluding carboxylic acids is 2. The first-order valence-electron chi connectivity index (χ1n) is 7.06. The van der Waals surface area contributed by atoms with Gasteiger partial charge in [0.25, 0.3) is 0 Å². The second-order valence-corrected chi connectivity index (χ2v) is 4.65. The first-order chi connectivity index (χ1) is 11.6. The van der Waals surface area contributed by atoms with Gasteiger partial charge in [0.15, 0.2) is 6.61 Å². The fourth-order valence-electron chi connectivity index (χ4n) is 1.79. The van der Waals surface area contributed by atoms with Crippen LogP contribution in [0, 0.1) is 0 Å². The minimum absolute atomic E-state index is 0.0407. The van der Waals surface area contributed by atoms with Gasteiger partial charge in [-0.1, -0.05) is 24.3 Å². The van der Waals surface area contributed by atoms with Crippen LogP contribution in [0.3, 0.4) is 0 Å². The van der Waals surface area contributed by atoms with E-state index in [2.05, 4.69) is 0 Å². The average Bonchev–Trinajstić information content (AvgIpc) is 2.59. The number of phenolic OH excluding ortho intramolecular Hbond substituents is 1. The van der Waals surface area contributed by atoms with Crippen molar-refractivity contribution in [2.75, 3.05) is 13.7 Å². The van der Waals surface area contributed by atoms with Crippen molar-refractivity contribution in [2.45, 2.75) is 0 Å². The molecule has 2 aromatic carbocycles. The van der Waals surface area contributed by atoms with Crippen LogP contribution in [0.1, 0.15) is 5.56 Å². The molecule has 0 heterocycles. The quantitative estimate of drug-likeness (QED) is 0.498. The van der Waals surface area contributed by atoms with E-state index in [0.717, 1.165) is 6.08 Å². The predicted octanol–water partition coefficient (Wildman–Crippen LogP) is 2.56. The van der Waals surface area contributed by atoms with Crippen LogP contribution in [-0.2, 0) is 14.3 Å². The van der Waals surface area contributed by atoms with Crippen molar-refractivity contribution in [3.8, 4) is 17.2 Å². The van der Waals surface area contributed by atoms with Crippen LogP contribution in [0.25, 0.3) is 6.08 Å². The van der Waals surface area contributed by atoms with Crippen molar-refractivity contribution >= 4 is 18.0 Å². The molecule has 2 aromatic rings. The molecular weight excluding hydrogens is 312 g/mol.